The zero-order chi connectivity index (χ0) is 10.8. The van der Waals surface area contributed by atoms with Gasteiger partial charge in [0.15, 0.2) is 5.45 Å². The van der Waals surface area contributed by atoms with Crippen molar-refractivity contribution in [2.45, 2.75) is 26.2 Å². The molecule has 0 aliphatic carbocycles. The third-order valence-electron chi connectivity index (χ3n) is 1.37. The number of nitrogens with zero attached hydrogens (tertiary/aromatic N) is 3. The van der Waals surface area contributed by atoms with Crippen molar-refractivity contribution in [2.24, 2.45) is 0 Å². The summed E-state index contributed by atoms with van der Waals surface area (Å²) in [6.45, 7) is 8.06. The zero-order valence-corrected chi connectivity index (χ0v) is 10.8. The van der Waals surface area contributed by atoms with Gasteiger partial charge in [0.05, 0.1) is 0 Å². The number of aromatic nitrogens is 3. The largest absolute Gasteiger partial charge is 0.380 e. The normalized spacial score (nSPS) is 11.1. The maximum atomic E-state index is 11.2. The minimum Gasteiger partial charge on any atom is -0.380 e. The van der Waals surface area contributed by atoms with Crippen molar-refractivity contribution in [1.82, 2.24) is 15.0 Å². The Morgan fingerprint density at radius 2 is 2.00 bits per heavy atom. The fourth-order valence-corrected chi connectivity index (χ4v) is 2.16. The van der Waals surface area contributed by atoms with Gasteiger partial charge in [0.25, 0.3) is 0 Å². The van der Waals surface area contributed by atoms with E-state index in [1.165, 1.54) is 6.33 Å². The highest BCUT2D eigenvalue weighted by Crippen LogP contribution is 2.03. The summed E-state index contributed by atoms with van der Waals surface area (Å²) in [5.74, 6) is 0.536. The Hall–Kier alpha value is -0.956. The molecule has 0 radical (unpaired) electrons. The molecule has 0 aliphatic heterocycles. The van der Waals surface area contributed by atoms with E-state index in [9.17, 15) is 4.46 Å². The summed E-state index contributed by atoms with van der Waals surface area (Å²) >= 11 is 0. The second kappa shape index (κ2) is 4.05. The Balaban J connectivity index is 2.89. The number of anilines is 1. The molecule has 7 heteroatoms. The van der Waals surface area contributed by atoms with E-state index in [0.29, 0.717) is 11.4 Å². The van der Waals surface area contributed by atoms with Crippen LogP contribution in [0.15, 0.2) is 6.33 Å². The average Bonchev–Trinajstić information content (AvgIpc) is 2.01. The lowest BCUT2D eigenvalue weighted by Crippen LogP contribution is -2.35. The Morgan fingerprint density at radius 1 is 1.36 bits per heavy atom. The van der Waals surface area contributed by atoms with Crippen LogP contribution in [0.1, 0.15) is 0 Å². The van der Waals surface area contributed by atoms with E-state index in [4.69, 9.17) is 0 Å². The molecule has 0 fully saturated rings. The van der Waals surface area contributed by atoms with Crippen LogP contribution in [-0.2, 0) is 4.46 Å². The number of nitrogens with one attached hydrogen (secondary N) is 1. The fourth-order valence-electron chi connectivity index (χ4n) is 0.862. The number of hydrogen-bond donors (Lipinski definition) is 1. The first kappa shape index (κ1) is 11.1. The van der Waals surface area contributed by atoms with Crippen molar-refractivity contribution in [3.05, 3.63) is 6.33 Å². The van der Waals surface area contributed by atoms with Crippen LogP contribution in [-0.4, -0.2) is 31.9 Å². The van der Waals surface area contributed by atoms with E-state index in [0.717, 1.165) is 0 Å². The molecular formula is C7H14N4OSi2. The monoisotopic (exact) mass is 226 g/mol. The maximum Gasteiger partial charge on any atom is 0.348 e. The lowest BCUT2D eigenvalue weighted by molar-refractivity contribution is 0.571. The summed E-state index contributed by atoms with van der Waals surface area (Å²) in [5.41, 5.74) is 0.394. The van der Waals surface area contributed by atoms with Crippen molar-refractivity contribution in [3.8, 4) is 0 Å². The molecule has 0 unspecified atom stereocenters. The number of rotatable bonds is 3. The van der Waals surface area contributed by atoms with Gasteiger partial charge in [-0.1, -0.05) is 19.6 Å². The molecule has 0 aromatic carbocycles. The van der Waals surface area contributed by atoms with E-state index in [-0.39, 0.29) is 0 Å². The summed E-state index contributed by atoms with van der Waals surface area (Å²) < 4.78 is 11.2. The van der Waals surface area contributed by atoms with Gasteiger partial charge in [-0.2, -0.15) is 4.98 Å². The predicted octanol–water partition coefficient (Wildman–Crippen LogP) is 0.377. The lowest BCUT2D eigenvalue weighted by Gasteiger charge is -2.17. The van der Waals surface area contributed by atoms with E-state index in [1.54, 1.807) is 6.55 Å². The summed E-state index contributed by atoms with van der Waals surface area (Å²) in [5, 5.41) is 0. The van der Waals surface area contributed by atoms with Gasteiger partial charge in [0.2, 0.25) is 5.95 Å². The van der Waals surface area contributed by atoms with Crippen molar-refractivity contribution in [2.75, 3.05) is 4.98 Å². The lowest BCUT2D eigenvalue weighted by atomic mass is 11.0. The number of hydrogen-bond acceptors (Lipinski definition) is 5. The minimum atomic E-state index is -1.83. The van der Waals surface area contributed by atoms with Gasteiger partial charge < -0.3 is 9.44 Å². The van der Waals surface area contributed by atoms with E-state index < -0.39 is 16.9 Å². The molecular weight excluding hydrogens is 212 g/mol. The van der Waals surface area contributed by atoms with Crippen molar-refractivity contribution in [1.29, 1.82) is 0 Å². The Morgan fingerprint density at radius 3 is 2.50 bits per heavy atom. The smallest absolute Gasteiger partial charge is 0.348 e. The fraction of sp³-hybridized carbons (Fsp3) is 0.571. The van der Waals surface area contributed by atoms with Gasteiger partial charge >= 0.3 is 8.68 Å². The summed E-state index contributed by atoms with van der Waals surface area (Å²) in [4.78, 5) is 15.2. The van der Waals surface area contributed by atoms with Crippen LogP contribution in [0, 0.1) is 0 Å². The molecule has 0 bridgehead atoms. The summed E-state index contributed by atoms with van der Waals surface area (Å²) in [7, 11) is -3.28. The van der Waals surface area contributed by atoms with Crippen molar-refractivity contribution in [3.63, 3.8) is 0 Å². The molecule has 0 saturated carbocycles. The topological polar surface area (TPSA) is 67.8 Å². The standard InChI is InChI=1S/C7H14N4OSi2/c1-13(12)7-9-5-8-6(10-7)11-14(2,3)4/h5H,1-4H3,(H,8,9,10,11). The zero-order valence-electron chi connectivity index (χ0n) is 8.83. The van der Waals surface area contributed by atoms with Crippen LogP contribution in [0.3, 0.4) is 0 Å². The maximum absolute atomic E-state index is 11.2. The first-order chi connectivity index (χ1) is 6.38. The van der Waals surface area contributed by atoms with Gasteiger partial charge in [0.1, 0.15) is 14.6 Å². The molecule has 1 aromatic rings. The highest BCUT2D eigenvalue weighted by atomic mass is 28.3. The molecule has 0 atom stereocenters. The highest BCUT2D eigenvalue weighted by Gasteiger charge is 2.15. The Kier molecular flexibility index (Phi) is 3.22. The predicted molar refractivity (Wildman–Crippen MR) is 58.7 cm³/mol. The van der Waals surface area contributed by atoms with Crippen LogP contribution < -0.4 is 10.4 Å². The molecule has 14 heavy (non-hydrogen) atoms. The van der Waals surface area contributed by atoms with Gasteiger partial charge in [-0.05, 0) is 6.55 Å². The van der Waals surface area contributed by atoms with Crippen LogP contribution in [0.25, 0.3) is 0 Å². The van der Waals surface area contributed by atoms with E-state index in [2.05, 4.69) is 39.6 Å². The SMILES string of the molecule is C[Si](=O)c1ncnc(N[Si](C)(C)C)n1. The van der Waals surface area contributed by atoms with E-state index >= 15 is 0 Å². The Bertz CT molecular complexity index is 350. The van der Waals surface area contributed by atoms with Crippen LogP contribution >= 0.6 is 0 Å². The molecule has 1 heterocycles. The molecule has 0 saturated heterocycles. The second-order valence-corrected chi connectivity index (χ2v) is 10.4. The van der Waals surface area contributed by atoms with Crippen molar-refractivity contribution >= 4 is 28.3 Å². The third-order valence-corrected chi connectivity index (χ3v) is 3.22. The average molecular weight is 226 g/mol. The van der Waals surface area contributed by atoms with Crippen molar-refractivity contribution < 1.29 is 4.46 Å². The van der Waals surface area contributed by atoms with Gasteiger partial charge in [-0.3, -0.25) is 0 Å². The van der Waals surface area contributed by atoms with Gasteiger partial charge in [-0.15, -0.1) is 0 Å². The Labute approximate surface area is 85.8 Å². The molecule has 5 nitrogen and oxygen atoms in total. The minimum absolute atomic E-state index is 0.394. The first-order valence-corrected chi connectivity index (χ1v) is 9.77. The van der Waals surface area contributed by atoms with Gasteiger partial charge in [-0.25, -0.2) is 9.97 Å². The summed E-state index contributed by atoms with van der Waals surface area (Å²) in [6.07, 6.45) is 1.40. The van der Waals surface area contributed by atoms with E-state index in [1.807, 2.05) is 0 Å². The molecule has 1 aromatic heterocycles. The van der Waals surface area contributed by atoms with Crippen LogP contribution in [0.5, 0.6) is 0 Å². The second-order valence-electron chi connectivity index (χ2n) is 4.06. The first-order valence-electron chi connectivity index (χ1n) is 4.36. The quantitative estimate of drug-likeness (QED) is 0.755. The van der Waals surface area contributed by atoms with Gasteiger partial charge in [0, 0.05) is 0 Å². The highest BCUT2D eigenvalue weighted by molar-refractivity contribution is 6.79. The molecule has 0 amide bonds. The van der Waals surface area contributed by atoms with Crippen LogP contribution in [0.2, 0.25) is 26.2 Å². The third kappa shape index (κ3) is 3.42. The molecule has 1 rings (SSSR count). The summed E-state index contributed by atoms with van der Waals surface area (Å²) in [6, 6.07) is 0. The molecule has 0 spiro atoms. The molecule has 1 N–H and O–H groups in total. The molecule has 76 valence electrons. The molecule has 0 aliphatic rings. The van der Waals surface area contributed by atoms with Crippen LogP contribution in [0.4, 0.5) is 5.95 Å².